The first kappa shape index (κ1) is 22.9. The van der Waals surface area contributed by atoms with Crippen molar-refractivity contribution in [1.82, 2.24) is 5.32 Å². The van der Waals surface area contributed by atoms with Crippen molar-refractivity contribution in [2.45, 2.75) is 44.8 Å². The van der Waals surface area contributed by atoms with Gasteiger partial charge < -0.3 is 14.8 Å². The molecule has 2 atom stereocenters. The quantitative estimate of drug-likeness (QED) is 0.671. The molecule has 0 fully saturated rings. The van der Waals surface area contributed by atoms with Crippen LogP contribution in [-0.4, -0.2) is 40.8 Å². The number of hydrogen-bond acceptors (Lipinski definition) is 5. The predicted molar refractivity (Wildman–Crippen MR) is 121 cm³/mol. The highest BCUT2D eigenvalue weighted by Gasteiger charge is 2.26. The van der Waals surface area contributed by atoms with Crippen LogP contribution in [0.15, 0.2) is 42.5 Å². The second kappa shape index (κ2) is 9.60. The summed E-state index contributed by atoms with van der Waals surface area (Å²) >= 11 is 0. The fraction of sp³-hybridized carbons (Fsp3) is 0.435. The average molecular weight is 447 g/mol. The molecule has 0 aromatic heterocycles. The monoisotopic (exact) mass is 446 g/mol. The minimum Gasteiger partial charge on any atom is -0.497 e. The zero-order chi connectivity index (χ0) is 22.6. The SMILES string of the molecule is CCC(Oc1ccc(N(C)S(C)(=O)=O)cc1)C(=O)NC1CCCc2cc(OC)ccc21. The van der Waals surface area contributed by atoms with Crippen LogP contribution in [0, 0.1) is 0 Å². The van der Waals surface area contributed by atoms with Crippen molar-refractivity contribution in [2.24, 2.45) is 0 Å². The molecule has 1 aliphatic rings. The third kappa shape index (κ3) is 5.50. The van der Waals surface area contributed by atoms with Crippen molar-refractivity contribution in [3.8, 4) is 11.5 Å². The molecule has 2 aromatic carbocycles. The first-order valence-corrected chi connectivity index (χ1v) is 12.3. The lowest BCUT2D eigenvalue weighted by atomic mass is 9.87. The maximum absolute atomic E-state index is 12.9. The van der Waals surface area contributed by atoms with E-state index in [1.165, 1.54) is 16.9 Å². The van der Waals surface area contributed by atoms with Gasteiger partial charge in [0.05, 0.1) is 25.1 Å². The maximum atomic E-state index is 12.9. The van der Waals surface area contributed by atoms with E-state index < -0.39 is 16.1 Å². The Labute approximate surface area is 184 Å². The molecule has 168 valence electrons. The van der Waals surface area contributed by atoms with Crippen LogP contribution >= 0.6 is 0 Å². The highest BCUT2D eigenvalue weighted by atomic mass is 32.2. The Morgan fingerprint density at radius 2 is 1.87 bits per heavy atom. The van der Waals surface area contributed by atoms with Gasteiger partial charge in [-0.15, -0.1) is 0 Å². The van der Waals surface area contributed by atoms with Gasteiger partial charge in [-0.3, -0.25) is 9.10 Å². The van der Waals surface area contributed by atoms with Gasteiger partial charge in [-0.2, -0.15) is 0 Å². The number of fused-ring (bicyclic) bond motifs is 1. The van der Waals surface area contributed by atoms with Gasteiger partial charge in [-0.05, 0) is 73.2 Å². The van der Waals surface area contributed by atoms with E-state index in [-0.39, 0.29) is 11.9 Å². The normalized spacial score (nSPS) is 16.7. The van der Waals surface area contributed by atoms with Gasteiger partial charge in [-0.25, -0.2) is 8.42 Å². The Morgan fingerprint density at radius 1 is 1.19 bits per heavy atom. The Kier molecular flexibility index (Phi) is 7.10. The van der Waals surface area contributed by atoms with E-state index in [9.17, 15) is 13.2 Å². The van der Waals surface area contributed by atoms with Crippen molar-refractivity contribution < 1.29 is 22.7 Å². The smallest absolute Gasteiger partial charge is 0.261 e. The summed E-state index contributed by atoms with van der Waals surface area (Å²) < 4.78 is 35.8. The number of rotatable bonds is 8. The standard InChI is InChI=1S/C23H30N2O5S/c1-5-22(30-18-11-9-17(10-12-18)25(2)31(4,27)28)23(26)24-21-8-6-7-16-15-19(29-3)13-14-20(16)21/h9-15,21-22H,5-8H2,1-4H3,(H,24,26). The van der Waals surface area contributed by atoms with Crippen molar-refractivity contribution in [3.05, 3.63) is 53.6 Å². The molecular weight excluding hydrogens is 416 g/mol. The fourth-order valence-electron chi connectivity index (χ4n) is 3.74. The highest BCUT2D eigenvalue weighted by Crippen LogP contribution is 2.32. The van der Waals surface area contributed by atoms with Crippen LogP contribution < -0.4 is 19.1 Å². The van der Waals surface area contributed by atoms with E-state index in [0.29, 0.717) is 17.9 Å². The molecule has 2 aromatic rings. The number of ether oxygens (including phenoxy) is 2. The zero-order valence-corrected chi connectivity index (χ0v) is 19.2. The maximum Gasteiger partial charge on any atom is 0.261 e. The van der Waals surface area contributed by atoms with Crippen LogP contribution in [0.25, 0.3) is 0 Å². The first-order chi connectivity index (χ1) is 14.7. The van der Waals surface area contributed by atoms with E-state index in [0.717, 1.165) is 36.8 Å². The zero-order valence-electron chi connectivity index (χ0n) is 18.4. The van der Waals surface area contributed by atoms with Gasteiger partial charge in [0, 0.05) is 7.05 Å². The number of anilines is 1. The number of aryl methyl sites for hydroxylation is 1. The second-order valence-corrected chi connectivity index (χ2v) is 9.77. The van der Waals surface area contributed by atoms with Gasteiger partial charge in [0.1, 0.15) is 11.5 Å². The molecule has 1 aliphatic carbocycles. The van der Waals surface area contributed by atoms with Crippen molar-refractivity contribution in [3.63, 3.8) is 0 Å². The van der Waals surface area contributed by atoms with Crippen LogP contribution in [0.5, 0.6) is 11.5 Å². The number of amides is 1. The third-order valence-electron chi connectivity index (χ3n) is 5.62. The Morgan fingerprint density at radius 3 is 2.48 bits per heavy atom. The molecule has 0 aliphatic heterocycles. The molecule has 1 N–H and O–H groups in total. The van der Waals surface area contributed by atoms with Gasteiger partial charge in [0.15, 0.2) is 6.10 Å². The van der Waals surface area contributed by atoms with E-state index in [1.807, 2.05) is 25.1 Å². The van der Waals surface area contributed by atoms with E-state index >= 15 is 0 Å². The minimum atomic E-state index is -3.33. The molecule has 0 bridgehead atoms. The van der Waals surface area contributed by atoms with Crippen LogP contribution in [-0.2, 0) is 21.2 Å². The molecule has 7 nitrogen and oxygen atoms in total. The van der Waals surface area contributed by atoms with Crippen LogP contribution in [0.3, 0.4) is 0 Å². The summed E-state index contributed by atoms with van der Waals surface area (Å²) in [6, 6.07) is 12.6. The number of carbonyl (C=O) groups is 1. The topological polar surface area (TPSA) is 84.9 Å². The van der Waals surface area contributed by atoms with Crippen LogP contribution in [0.4, 0.5) is 5.69 Å². The summed E-state index contributed by atoms with van der Waals surface area (Å²) in [6.45, 7) is 1.90. The predicted octanol–water partition coefficient (Wildman–Crippen LogP) is 3.44. The van der Waals surface area contributed by atoms with Crippen LogP contribution in [0.2, 0.25) is 0 Å². The summed E-state index contributed by atoms with van der Waals surface area (Å²) in [5.41, 5.74) is 2.86. The Balaban J connectivity index is 1.68. The summed E-state index contributed by atoms with van der Waals surface area (Å²) in [5, 5.41) is 3.14. The second-order valence-electron chi connectivity index (χ2n) is 7.76. The largest absolute Gasteiger partial charge is 0.497 e. The lowest BCUT2D eigenvalue weighted by Crippen LogP contribution is -2.41. The number of carbonyl (C=O) groups excluding carboxylic acids is 1. The molecule has 31 heavy (non-hydrogen) atoms. The molecule has 3 rings (SSSR count). The minimum absolute atomic E-state index is 0.0504. The van der Waals surface area contributed by atoms with Gasteiger partial charge in [0.2, 0.25) is 10.0 Å². The highest BCUT2D eigenvalue weighted by molar-refractivity contribution is 7.92. The molecule has 0 spiro atoms. The van der Waals surface area contributed by atoms with Crippen LogP contribution in [0.1, 0.15) is 43.4 Å². The Hall–Kier alpha value is -2.74. The van der Waals surface area contributed by atoms with E-state index in [2.05, 4.69) is 5.32 Å². The summed E-state index contributed by atoms with van der Waals surface area (Å²) in [7, 11) is -0.192. The Bertz CT molecular complexity index is 1020. The first-order valence-electron chi connectivity index (χ1n) is 10.4. The number of benzene rings is 2. The molecule has 0 saturated carbocycles. The molecule has 2 unspecified atom stereocenters. The lowest BCUT2D eigenvalue weighted by Gasteiger charge is -2.28. The number of nitrogens with one attached hydrogen (secondary N) is 1. The molecular formula is C23H30N2O5S. The number of methoxy groups -OCH3 is 1. The molecule has 0 radical (unpaired) electrons. The van der Waals surface area contributed by atoms with Crippen molar-refractivity contribution in [1.29, 1.82) is 0 Å². The third-order valence-corrected chi connectivity index (χ3v) is 6.83. The number of hydrogen-bond donors (Lipinski definition) is 1. The summed E-state index contributed by atoms with van der Waals surface area (Å²) in [4.78, 5) is 12.9. The molecule has 8 heteroatoms. The summed E-state index contributed by atoms with van der Waals surface area (Å²) in [6.07, 6.45) is 3.88. The average Bonchev–Trinajstić information content (AvgIpc) is 2.76. The number of sulfonamides is 1. The van der Waals surface area contributed by atoms with Crippen molar-refractivity contribution >= 4 is 21.6 Å². The fourth-order valence-corrected chi connectivity index (χ4v) is 4.25. The van der Waals surface area contributed by atoms with Gasteiger partial charge >= 0.3 is 0 Å². The lowest BCUT2D eigenvalue weighted by molar-refractivity contribution is -0.129. The molecule has 1 amide bonds. The summed E-state index contributed by atoms with van der Waals surface area (Å²) in [5.74, 6) is 1.18. The number of nitrogens with zero attached hydrogens (tertiary/aromatic N) is 1. The van der Waals surface area contributed by atoms with E-state index in [4.69, 9.17) is 9.47 Å². The van der Waals surface area contributed by atoms with Gasteiger partial charge in [0.25, 0.3) is 5.91 Å². The molecule has 0 heterocycles. The van der Waals surface area contributed by atoms with Gasteiger partial charge in [-0.1, -0.05) is 13.0 Å². The van der Waals surface area contributed by atoms with E-state index in [1.54, 1.807) is 31.4 Å². The van der Waals surface area contributed by atoms with Crippen molar-refractivity contribution in [2.75, 3.05) is 24.7 Å². The molecule has 0 saturated heterocycles.